The van der Waals surface area contributed by atoms with Gasteiger partial charge in [0.2, 0.25) is 5.60 Å². The third-order valence-electron chi connectivity index (χ3n) is 6.31. The van der Waals surface area contributed by atoms with E-state index < -0.39 is 11.6 Å². The molecule has 3 heterocycles. The van der Waals surface area contributed by atoms with Crippen LogP contribution in [0.5, 0.6) is 0 Å². The maximum absolute atomic E-state index is 13.3. The standard InChI is InChI=1S/C24H28FNO3/c25-14-4-5-18-8-10-21(11-9-18)24(28,20-6-2-1-3-7-20)23(27)29-22-17-26-15-12-19(22)13-16-26/h1-3,6-11,19,22,28H,4-5,12-17H2/t22?,24-/m0/s1. The minimum Gasteiger partial charge on any atom is -0.458 e. The van der Waals surface area contributed by atoms with E-state index in [2.05, 4.69) is 4.90 Å². The lowest BCUT2D eigenvalue weighted by Gasteiger charge is -2.44. The van der Waals surface area contributed by atoms with Crippen LogP contribution in [0.1, 0.15) is 36.0 Å². The summed E-state index contributed by atoms with van der Waals surface area (Å²) in [4.78, 5) is 15.6. The van der Waals surface area contributed by atoms with Crippen molar-refractivity contribution in [3.8, 4) is 0 Å². The zero-order valence-electron chi connectivity index (χ0n) is 16.6. The van der Waals surface area contributed by atoms with Crippen molar-refractivity contribution in [2.75, 3.05) is 26.3 Å². The van der Waals surface area contributed by atoms with Crippen molar-refractivity contribution in [1.29, 1.82) is 0 Å². The average Bonchev–Trinajstić information content (AvgIpc) is 2.79. The quantitative estimate of drug-likeness (QED) is 0.727. The maximum Gasteiger partial charge on any atom is 0.348 e. The lowest BCUT2D eigenvalue weighted by molar-refractivity contribution is -0.177. The van der Waals surface area contributed by atoms with E-state index in [1.54, 1.807) is 36.4 Å². The molecule has 1 unspecified atom stereocenters. The zero-order valence-corrected chi connectivity index (χ0v) is 16.6. The Bertz CT molecular complexity index is 818. The average molecular weight is 397 g/mol. The number of ether oxygens (including phenoxy) is 1. The number of carbonyl (C=O) groups excluding carboxylic acids is 1. The summed E-state index contributed by atoms with van der Waals surface area (Å²) >= 11 is 0. The molecule has 4 nitrogen and oxygen atoms in total. The summed E-state index contributed by atoms with van der Waals surface area (Å²) in [6.07, 6.45) is 2.98. The van der Waals surface area contributed by atoms with Gasteiger partial charge in [-0.1, -0.05) is 54.6 Å². The number of halogens is 1. The molecule has 3 fully saturated rings. The van der Waals surface area contributed by atoms with E-state index in [9.17, 15) is 14.3 Å². The molecule has 29 heavy (non-hydrogen) atoms. The fourth-order valence-electron chi connectivity index (χ4n) is 4.53. The number of aliphatic hydroxyl groups is 1. The van der Waals surface area contributed by atoms with Crippen molar-refractivity contribution < 1.29 is 19.0 Å². The number of rotatable bonds is 7. The molecule has 3 aliphatic rings. The van der Waals surface area contributed by atoms with Crippen LogP contribution in [-0.2, 0) is 21.6 Å². The summed E-state index contributed by atoms with van der Waals surface area (Å²) in [6, 6.07) is 16.1. The van der Waals surface area contributed by atoms with Gasteiger partial charge in [0.25, 0.3) is 0 Å². The number of fused-ring (bicyclic) bond motifs is 3. The molecule has 0 amide bonds. The fraction of sp³-hybridized carbons (Fsp3) is 0.458. The molecule has 5 heteroatoms. The molecule has 0 aliphatic carbocycles. The van der Waals surface area contributed by atoms with E-state index in [-0.39, 0.29) is 12.8 Å². The topological polar surface area (TPSA) is 49.8 Å². The van der Waals surface area contributed by atoms with Crippen LogP contribution in [0.2, 0.25) is 0 Å². The van der Waals surface area contributed by atoms with Gasteiger partial charge >= 0.3 is 5.97 Å². The lowest BCUT2D eigenvalue weighted by Crippen LogP contribution is -2.53. The van der Waals surface area contributed by atoms with Gasteiger partial charge in [-0.15, -0.1) is 0 Å². The molecular weight excluding hydrogens is 369 g/mol. The highest BCUT2D eigenvalue weighted by molar-refractivity contribution is 5.85. The first kappa shape index (κ1) is 20.0. The molecule has 0 aromatic heterocycles. The minimum atomic E-state index is -1.87. The molecular formula is C24H28FNO3. The third-order valence-corrected chi connectivity index (χ3v) is 6.31. The van der Waals surface area contributed by atoms with Crippen LogP contribution < -0.4 is 0 Å². The molecule has 2 aromatic rings. The Kier molecular flexibility index (Phi) is 5.97. The SMILES string of the molecule is O=C(OC1CN2CCC1CC2)[C@](O)(c1ccccc1)c1ccc(CCCF)cc1. The van der Waals surface area contributed by atoms with Crippen LogP contribution in [0.4, 0.5) is 4.39 Å². The van der Waals surface area contributed by atoms with Gasteiger partial charge in [-0.25, -0.2) is 4.79 Å². The van der Waals surface area contributed by atoms with E-state index in [1.165, 1.54) is 0 Å². The van der Waals surface area contributed by atoms with Crippen molar-refractivity contribution in [2.45, 2.75) is 37.4 Å². The molecule has 0 saturated carbocycles. The van der Waals surface area contributed by atoms with Crippen LogP contribution in [0.3, 0.4) is 0 Å². The molecule has 2 aromatic carbocycles. The molecule has 2 atom stereocenters. The number of hydrogen-bond acceptors (Lipinski definition) is 4. The number of esters is 1. The normalized spacial score (nSPS) is 25.4. The first-order valence-corrected chi connectivity index (χ1v) is 10.5. The molecule has 1 N–H and O–H groups in total. The Morgan fingerprint density at radius 3 is 2.31 bits per heavy atom. The van der Waals surface area contributed by atoms with Crippen LogP contribution >= 0.6 is 0 Å². The van der Waals surface area contributed by atoms with Gasteiger partial charge in [-0.05, 0) is 61.4 Å². The highest BCUT2D eigenvalue weighted by Gasteiger charge is 2.45. The molecule has 154 valence electrons. The van der Waals surface area contributed by atoms with E-state index in [4.69, 9.17) is 4.74 Å². The van der Waals surface area contributed by atoms with Crippen molar-refractivity contribution in [1.82, 2.24) is 4.90 Å². The van der Waals surface area contributed by atoms with Gasteiger partial charge in [-0.2, -0.15) is 0 Å². The number of aryl methyl sites for hydroxylation is 1. The van der Waals surface area contributed by atoms with Gasteiger partial charge in [-0.3, -0.25) is 9.29 Å². The lowest BCUT2D eigenvalue weighted by atomic mass is 9.84. The molecule has 0 radical (unpaired) electrons. The molecule has 5 rings (SSSR count). The van der Waals surface area contributed by atoms with Crippen molar-refractivity contribution in [2.24, 2.45) is 5.92 Å². The monoisotopic (exact) mass is 397 g/mol. The van der Waals surface area contributed by atoms with E-state index >= 15 is 0 Å². The van der Waals surface area contributed by atoms with Crippen LogP contribution in [-0.4, -0.2) is 48.4 Å². The maximum atomic E-state index is 13.3. The summed E-state index contributed by atoms with van der Waals surface area (Å²) < 4.78 is 18.4. The fourth-order valence-corrected chi connectivity index (χ4v) is 4.53. The predicted octanol–water partition coefficient (Wildman–Crippen LogP) is 3.46. The highest BCUT2D eigenvalue weighted by Crippen LogP contribution is 2.35. The van der Waals surface area contributed by atoms with E-state index in [0.717, 1.165) is 38.0 Å². The number of piperidine rings is 3. The largest absolute Gasteiger partial charge is 0.458 e. The van der Waals surface area contributed by atoms with Gasteiger partial charge < -0.3 is 9.84 Å². The van der Waals surface area contributed by atoms with Crippen LogP contribution in [0, 0.1) is 5.92 Å². The summed E-state index contributed by atoms with van der Waals surface area (Å²) in [7, 11) is 0. The predicted molar refractivity (Wildman–Crippen MR) is 109 cm³/mol. The summed E-state index contributed by atoms with van der Waals surface area (Å²) in [6.45, 7) is 2.50. The smallest absolute Gasteiger partial charge is 0.348 e. The van der Waals surface area contributed by atoms with Crippen LogP contribution in [0.25, 0.3) is 0 Å². The second-order valence-electron chi connectivity index (χ2n) is 8.15. The van der Waals surface area contributed by atoms with E-state index in [0.29, 0.717) is 29.9 Å². The van der Waals surface area contributed by atoms with Gasteiger partial charge in [0.05, 0.1) is 6.67 Å². The van der Waals surface area contributed by atoms with E-state index in [1.807, 2.05) is 18.2 Å². The summed E-state index contributed by atoms with van der Waals surface area (Å²) in [5, 5.41) is 11.6. The Hall–Kier alpha value is -2.24. The van der Waals surface area contributed by atoms with Gasteiger partial charge in [0.15, 0.2) is 0 Å². The Morgan fingerprint density at radius 1 is 1.07 bits per heavy atom. The van der Waals surface area contributed by atoms with Crippen molar-refractivity contribution >= 4 is 5.97 Å². The molecule has 2 bridgehead atoms. The molecule has 3 aliphatic heterocycles. The van der Waals surface area contributed by atoms with Crippen molar-refractivity contribution in [3.05, 3.63) is 71.3 Å². The van der Waals surface area contributed by atoms with Gasteiger partial charge in [0.1, 0.15) is 6.10 Å². The second-order valence-corrected chi connectivity index (χ2v) is 8.15. The summed E-state index contributed by atoms with van der Waals surface area (Å²) in [5.41, 5.74) is 0.0700. The van der Waals surface area contributed by atoms with Crippen molar-refractivity contribution in [3.63, 3.8) is 0 Å². The first-order valence-electron chi connectivity index (χ1n) is 10.5. The number of hydrogen-bond donors (Lipinski definition) is 1. The number of benzene rings is 2. The zero-order chi connectivity index (χ0) is 20.3. The first-order chi connectivity index (χ1) is 14.1. The van der Waals surface area contributed by atoms with Gasteiger partial charge in [0, 0.05) is 6.54 Å². The van der Waals surface area contributed by atoms with Crippen LogP contribution in [0.15, 0.2) is 54.6 Å². The summed E-state index contributed by atoms with van der Waals surface area (Å²) in [5.74, 6) is -0.258. The number of alkyl halides is 1. The molecule has 0 spiro atoms. The third kappa shape index (κ3) is 4.07. The number of nitrogens with zero attached hydrogens (tertiary/aromatic N) is 1. The number of carbonyl (C=O) groups is 1. The Morgan fingerprint density at radius 2 is 1.72 bits per heavy atom. The Balaban J connectivity index is 1.61. The Labute approximate surface area is 171 Å². The second kappa shape index (κ2) is 8.64. The molecule has 3 saturated heterocycles. The minimum absolute atomic E-state index is 0.177. The highest BCUT2D eigenvalue weighted by atomic mass is 19.1.